The first-order valence-corrected chi connectivity index (χ1v) is 7.74. The summed E-state index contributed by atoms with van der Waals surface area (Å²) in [5, 5.41) is 2.71. The van der Waals surface area contributed by atoms with Crippen molar-refractivity contribution in [3.05, 3.63) is 28.7 Å². The van der Waals surface area contributed by atoms with E-state index in [4.69, 9.17) is 5.73 Å². The minimum absolute atomic E-state index is 0.0397. The summed E-state index contributed by atoms with van der Waals surface area (Å²) in [5.74, 6) is -0.0114. The molecule has 1 aromatic rings. The van der Waals surface area contributed by atoms with Crippen LogP contribution in [-0.4, -0.2) is 27.2 Å². The van der Waals surface area contributed by atoms with E-state index >= 15 is 0 Å². The van der Waals surface area contributed by atoms with Gasteiger partial charge < -0.3 is 11.1 Å². The molecule has 0 aromatic heterocycles. The molecule has 0 aliphatic heterocycles. The van der Waals surface area contributed by atoms with Crippen LogP contribution in [0.4, 0.5) is 5.69 Å². The highest BCUT2D eigenvalue weighted by atomic mass is 79.9. The van der Waals surface area contributed by atoms with Crippen molar-refractivity contribution in [2.45, 2.75) is 19.4 Å². The van der Waals surface area contributed by atoms with E-state index in [-0.39, 0.29) is 11.7 Å². The number of carbonyl (C=O) groups is 1. The fraction of sp³-hybridized carbons (Fsp3) is 0.417. The summed E-state index contributed by atoms with van der Waals surface area (Å²) >= 11 is 3.33. The molecule has 0 aliphatic carbocycles. The lowest BCUT2D eigenvalue weighted by Gasteiger charge is -2.17. The largest absolute Gasteiger partial charge is 0.325 e. The average Bonchev–Trinajstić information content (AvgIpc) is 2.18. The molecule has 1 unspecified atom stereocenters. The Bertz CT molecular complexity index is 458. The van der Waals surface area contributed by atoms with Crippen LogP contribution in [0.15, 0.2) is 28.7 Å². The molecule has 0 spiro atoms. The molecular weight excluding hydrogens is 316 g/mol. The third kappa shape index (κ3) is 5.75. The second-order valence-corrected chi connectivity index (χ2v) is 7.06. The van der Waals surface area contributed by atoms with Gasteiger partial charge in [-0.3, -0.25) is 9.00 Å². The van der Waals surface area contributed by atoms with Crippen molar-refractivity contribution in [3.8, 4) is 0 Å². The average molecular weight is 333 g/mol. The molecule has 0 saturated carbocycles. The number of hydrogen-bond acceptors (Lipinski definition) is 3. The molecule has 4 nitrogen and oxygen atoms in total. The van der Waals surface area contributed by atoms with Gasteiger partial charge in [-0.2, -0.15) is 0 Å². The number of nitrogens with two attached hydrogens (primary N) is 1. The monoisotopic (exact) mass is 332 g/mol. The van der Waals surface area contributed by atoms with Crippen LogP contribution in [0.3, 0.4) is 0 Å². The van der Waals surface area contributed by atoms with Crippen LogP contribution in [-0.2, 0) is 15.6 Å². The number of para-hydroxylation sites is 1. The summed E-state index contributed by atoms with van der Waals surface area (Å²) < 4.78 is 12.5. The fourth-order valence-electron chi connectivity index (χ4n) is 1.36. The predicted molar refractivity (Wildman–Crippen MR) is 78.9 cm³/mol. The third-order valence-corrected chi connectivity index (χ3v) is 4.31. The Balaban J connectivity index is 2.53. The molecular formula is C12H17BrN2O2S. The Morgan fingerprint density at radius 1 is 1.44 bits per heavy atom. The molecule has 1 rings (SSSR count). The van der Waals surface area contributed by atoms with Gasteiger partial charge in [-0.15, -0.1) is 0 Å². The zero-order valence-corrected chi connectivity index (χ0v) is 12.8. The molecule has 0 saturated heterocycles. The molecule has 18 heavy (non-hydrogen) atoms. The lowest BCUT2D eigenvalue weighted by molar-refractivity contribution is -0.113. The van der Waals surface area contributed by atoms with Crippen molar-refractivity contribution in [2.75, 3.05) is 16.8 Å². The van der Waals surface area contributed by atoms with Crippen LogP contribution < -0.4 is 11.1 Å². The minimum atomic E-state index is -1.25. The predicted octanol–water partition coefficient (Wildman–Crippen LogP) is 1.87. The van der Waals surface area contributed by atoms with Crippen molar-refractivity contribution in [1.29, 1.82) is 0 Å². The Hall–Kier alpha value is -0.720. The standard InChI is InChI=1S/C12H17BrN2O2S/c1-12(2,14)8-18(17)7-11(16)15-10-6-4-3-5-9(10)13/h3-6H,7-8,14H2,1-2H3,(H,15,16). The van der Waals surface area contributed by atoms with Gasteiger partial charge >= 0.3 is 0 Å². The van der Waals surface area contributed by atoms with Crippen molar-refractivity contribution in [1.82, 2.24) is 0 Å². The molecule has 1 amide bonds. The number of rotatable bonds is 5. The van der Waals surface area contributed by atoms with Gasteiger partial charge in [0.25, 0.3) is 0 Å². The molecule has 0 bridgehead atoms. The Morgan fingerprint density at radius 3 is 2.61 bits per heavy atom. The number of benzene rings is 1. The highest BCUT2D eigenvalue weighted by Crippen LogP contribution is 2.20. The number of amides is 1. The van der Waals surface area contributed by atoms with Gasteiger partial charge in [0.05, 0.1) is 5.69 Å². The third-order valence-electron chi connectivity index (χ3n) is 1.97. The molecule has 0 radical (unpaired) electrons. The Labute approximate surface area is 118 Å². The van der Waals surface area contributed by atoms with Crippen molar-refractivity contribution < 1.29 is 9.00 Å². The molecule has 1 aromatic carbocycles. The van der Waals surface area contributed by atoms with E-state index in [0.29, 0.717) is 11.4 Å². The normalized spacial score (nSPS) is 13.1. The van der Waals surface area contributed by atoms with Gasteiger partial charge in [0.2, 0.25) is 5.91 Å². The van der Waals surface area contributed by atoms with Crippen LogP contribution >= 0.6 is 15.9 Å². The molecule has 0 heterocycles. The topological polar surface area (TPSA) is 72.2 Å². The lowest BCUT2D eigenvalue weighted by Crippen LogP contribution is -2.39. The Kier molecular flexibility index (Phi) is 5.49. The van der Waals surface area contributed by atoms with Crippen LogP contribution in [0.2, 0.25) is 0 Å². The van der Waals surface area contributed by atoms with E-state index in [0.717, 1.165) is 4.47 Å². The SMILES string of the molecule is CC(C)(N)CS(=O)CC(=O)Nc1ccccc1Br. The number of anilines is 1. The molecule has 0 aliphatic rings. The second kappa shape index (κ2) is 6.45. The summed E-state index contributed by atoms with van der Waals surface area (Å²) in [7, 11) is -1.25. The van der Waals surface area contributed by atoms with Gasteiger partial charge in [0.1, 0.15) is 5.75 Å². The van der Waals surface area contributed by atoms with E-state index in [9.17, 15) is 9.00 Å². The maximum Gasteiger partial charge on any atom is 0.237 e. The smallest absolute Gasteiger partial charge is 0.237 e. The summed E-state index contributed by atoms with van der Waals surface area (Å²) in [4.78, 5) is 11.7. The first-order chi connectivity index (χ1) is 8.28. The minimum Gasteiger partial charge on any atom is -0.325 e. The fourth-order valence-corrected chi connectivity index (χ4v) is 3.04. The van der Waals surface area contributed by atoms with Crippen molar-refractivity contribution in [3.63, 3.8) is 0 Å². The van der Waals surface area contributed by atoms with E-state index in [1.165, 1.54) is 0 Å². The number of hydrogen-bond donors (Lipinski definition) is 2. The number of carbonyl (C=O) groups excluding carboxylic acids is 1. The molecule has 1 atom stereocenters. The first kappa shape index (κ1) is 15.3. The maximum atomic E-state index is 11.7. The quantitative estimate of drug-likeness (QED) is 0.864. The van der Waals surface area contributed by atoms with E-state index < -0.39 is 16.3 Å². The molecule has 0 fully saturated rings. The lowest BCUT2D eigenvalue weighted by atomic mass is 10.1. The van der Waals surface area contributed by atoms with Crippen LogP contribution in [0.25, 0.3) is 0 Å². The summed E-state index contributed by atoms with van der Waals surface area (Å²) in [6, 6.07) is 7.28. The van der Waals surface area contributed by atoms with Gasteiger partial charge in [-0.05, 0) is 41.9 Å². The van der Waals surface area contributed by atoms with Crippen LogP contribution in [0, 0.1) is 0 Å². The van der Waals surface area contributed by atoms with Crippen LogP contribution in [0.1, 0.15) is 13.8 Å². The highest BCUT2D eigenvalue weighted by molar-refractivity contribution is 9.10. The van der Waals surface area contributed by atoms with Crippen molar-refractivity contribution in [2.24, 2.45) is 5.73 Å². The van der Waals surface area contributed by atoms with E-state index in [1.54, 1.807) is 19.9 Å². The number of nitrogens with one attached hydrogen (secondary N) is 1. The van der Waals surface area contributed by atoms with E-state index in [2.05, 4.69) is 21.2 Å². The van der Waals surface area contributed by atoms with E-state index in [1.807, 2.05) is 18.2 Å². The molecule has 6 heteroatoms. The van der Waals surface area contributed by atoms with Gasteiger partial charge in [-0.25, -0.2) is 0 Å². The zero-order chi connectivity index (χ0) is 13.8. The molecule has 3 N–H and O–H groups in total. The second-order valence-electron chi connectivity index (χ2n) is 4.75. The maximum absolute atomic E-state index is 11.7. The molecule has 100 valence electrons. The highest BCUT2D eigenvalue weighted by Gasteiger charge is 2.17. The van der Waals surface area contributed by atoms with Crippen molar-refractivity contribution >= 4 is 38.3 Å². The van der Waals surface area contributed by atoms with Gasteiger partial charge in [-0.1, -0.05) is 12.1 Å². The van der Waals surface area contributed by atoms with Gasteiger partial charge in [0, 0.05) is 26.6 Å². The number of halogens is 1. The van der Waals surface area contributed by atoms with Crippen LogP contribution in [0.5, 0.6) is 0 Å². The summed E-state index contributed by atoms with van der Waals surface area (Å²) in [6.07, 6.45) is 0. The zero-order valence-electron chi connectivity index (χ0n) is 10.4. The van der Waals surface area contributed by atoms with Gasteiger partial charge in [0.15, 0.2) is 0 Å². The summed E-state index contributed by atoms with van der Waals surface area (Å²) in [6.45, 7) is 3.58. The summed E-state index contributed by atoms with van der Waals surface area (Å²) in [5.41, 5.74) is 5.90. The first-order valence-electron chi connectivity index (χ1n) is 5.46. The Morgan fingerprint density at radius 2 is 2.06 bits per heavy atom.